The number of aliphatic hydroxyl groups excluding tert-OH is 4. The highest BCUT2D eigenvalue weighted by atomic mass is 16.8. The van der Waals surface area contributed by atoms with Gasteiger partial charge in [-0.25, -0.2) is 0 Å². The van der Waals surface area contributed by atoms with Crippen LogP contribution in [0.4, 0.5) is 0 Å². The molecule has 0 saturated carbocycles. The van der Waals surface area contributed by atoms with Gasteiger partial charge in [0.25, 0.3) is 0 Å². The molecule has 18 atom stereocenters. The molecule has 0 aromatic rings. The maximum absolute atomic E-state index is 13.6. The van der Waals surface area contributed by atoms with Gasteiger partial charge in [0, 0.05) is 26.8 Å². The second-order valence-electron chi connectivity index (χ2n) is 18.9. The minimum Gasteiger partial charge on any atom is -0.481 e. The summed E-state index contributed by atoms with van der Waals surface area (Å²) in [4.78, 5) is 151. The standard InChI is InChI=1S/C45H73N11O23/c1-16(37(67)51-18(3)43(73)74)50-42(72)24(8-7-11-48-41(71)25(13-57)56-40(70)22(46)12-29(62)63)54-28(61)10-9-23(36(47)66)55-38(68)17(2)49-39(69)19(4)76-35-31(53-21(6)60)44-75-15-27(78-44)34(35)79-45-30(52-20(5)59)33(65)32(64)26(14-58)77-45/h16-19,22-27,30-35,44-45,57-58,64-65H,7-15,46H2,1-6H3,(H2,47,66)(H,48,71)(H,49,69)(H,50,72)(H,51,67)(H,52,59)(H,53,60)(H,54,61)(H,55,68)(H,56,70)(H,62,63)(H,73,74). The Balaban J connectivity index is 1.69. The molecule has 34 heteroatoms. The number of carbonyl (C=O) groups is 12. The molecule has 3 saturated heterocycles. The molecule has 3 aliphatic rings. The van der Waals surface area contributed by atoms with Crippen molar-refractivity contribution in [3.63, 3.8) is 0 Å². The smallest absolute Gasteiger partial charge is 0.325 e. The van der Waals surface area contributed by atoms with Crippen molar-refractivity contribution in [1.29, 1.82) is 0 Å². The number of aliphatic hydroxyl groups is 4. The molecular weight excluding hydrogens is 1060 g/mol. The van der Waals surface area contributed by atoms with Crippen LogP contribution in [0.2, 0.25) is 0 Å². The first-order chi connectivity index (χ1) is 37.0. The van der Waals surface area contributed by atoms with Gasteiger partial charge in [0.1, 0.15) is 91.1 Å². The number of carbonyl (C=O) groups excluding carboxylic acids is 10. The molecule has 10 amide bonds. The molecule has 3 heterocycles. The number of rotatable bonds is 31. The summed E-state index contributed by atoms with van der Waals surface area (Å²) >= 11 is 0. The van der Waals surface area contributed by atoms with Crippen molar-refractivity contribution in [3.05, 3.63) is 0 Å². The van der Waals surface area contributed by atoms with Crippen LogP contribution in [0.25, 0.3) is 0 Å². The van der Waals surface area contributed by atoms with Crippen molar-refractivity contribution < 1.29 is 112 Å². The van der Waals surface area contributed by atoms with Gasteiger partial charge in [0.05, 0.1) is 32.3 Å². The molecule has 3 rings (SSSR count). The molecule has 34 nitrogen and oxygen atoms in total. The van der Waals surface area contributed by atoms with E-state index < -0.39 is 213 Å². The summed E-state index contributed by atoms with van der Waals surface area (Å²) in [5.41, 5.74) is 11.1. The minimum absolute atomic E-state index is 0.0915. The molecular formula is C45H73N11O23. The van der Waals surface area contributed by atoms with Crippen LogP contribution in [0.15, 0.2) is 0 Å². The highest BCUT2D eigenvalue weighted by Crippen LogP contribution is 2.35. The number of hydrogen-bond donors (Lipinski definition) is 17. The summed E-state index contributed by atoms with van der Waals surface area (Å²) in [6.07, 6.45) is -14.7. The van der Waals surface area contributed by atoms with E-state index in [9.17, 15) is 78.0 Å². The van der Waals surface area contributed by atoms with Gasteiger partial charge in [0.2, 0.25) is 59.1 Å². The van der Waals surface area contributed by atoms with Crippen LogP contribution in [0.3, 0.4) is 0 Å². The van der Waals surface area contributed by atoms with Crippen LogP contribution >= 0.6 is 0 Å². The summed E-state index contributed by atoms with van der Waals surface area (Å²) in [6.45, 7) is 5.13. The highest BCUT2D eigenvalue weighted by Gasteiger charge is 2.56. The summed E-state index contributed by atoms with van der Waals surface area (Å²) < 4.78 is 29.8. The first kappa shape index (κ1) is 66.5. The molecule has 446 valence electrons. The van der Waals surface area contributed by atoms with Crippen LogP contribution < -0.4 is 59.3 Å². The zero-order chi connectivity index (χ0) is 59.6. The molecule has 18 unspecified atom stereocenters. The maximum atomic E-state index is 13.6. The number of amides is 10. The van der Waals surface area contributed by atoms with Gasteiger partial charge in [-0.3, -0.25) is 57.5 Å². The van der Waals surface area contributed by atoms with Crippen molar-refractivity contribution in [1.82, 2.24) is 47.9 Å². The fraction of sp³-hybridized carbons (Fsp3) is 0.733. The van der Waals surface area contributed by atoms with E-state index in [2.05, 4.69) is 47.9 Å². The predicted octanol–water partition coefficient (Wildman–Crippen LogP) is -9.64. The van der Waals surface area contributed by atoms with E-state index in [1.165, 1.54) is 34.6 Å². The monoisotopic (exact) mass is 1140 g/mol. The van der Waals surface area contributed by atoms with Gasteiger partial charge >= 0.3 is 11.9 Å². The molecule has 0 radical (unpaired) electrons. The van der Waals surface area contributed by atoms with Crippen LogP contribution in [0.5, 0.6) is 0 Å². The van der Waals surface area contributed by atoms with E-state index in [4.69, 9.17) is 45.4 Å². The highest BCUT2D eigenvalue weighted by molar-refractivity contribution is 5.95. The Morgan fingerprint density at radius 3 is 1.81 bits per heavy atom. The lowest BCUT2D eigenvalue weighted by molar-refractivity contribution is -0.313. The number of hydrogen-bond acceptors (Lipinski definition) is 22. The van der Waals surface area contributed by atoms with E-state index in [0.29, 0.717) is 0 Å². The average Bonchev–Trinajstić information content (AvgIpc) is 3.96. The van der Waals surface area contributed by atoms with Gasteiger partial charge in [-0.1, -0.05) is 0 Å². The van der Waals surface area contributed by atoms with E-state index in [0.717, 1.165) is 6.92 Å². The Hall–Kier alpha value is -6.76. The first-order valence-electron chi connectivity index (χ1n) is 24.9. The molecule has 2 bridgehead atoms. The number of primary amides is 1. The molecule has 79 heavy (non-hydrogen) atoms. The third-order valence-corrected chi connectivity index (χ3v) is 12.4. The van der Waals surface area contributed by atoms with E-state index in [-0.39, 0.29) is 26.0 Å². The lowest BCUT2D eigenvalue weighted by atomic mass is 9.95. The van der Waals surface area contributed by atoms with Crippen molar-refractivity contribution in [2.45, 2.75) is 183 Å². The lowest BCUT2D eigenvalue weighted by Crippen LogP contribution is -2.68. The zero-order valence-corrected chi connectivity index (χ0v) is 44.0. The SMILES string of the molecule is CC(=O)NC1C(OC2C3COC(O3)C(NC(C)=O)C2OC(C)C(=O)NC(C)C(=O)NC(CCC(=O)NC(CCCNC(=O)C(CO)NC(=O)C(N)CC(=O)O)C(=O)NC(C)C(=O)NC(C)C(=O)O)C(N)=O)OC(CO)C(O)C1O. The molecule has 3 aliphatic heterocycles. The van der Waals surface area contributed by atoms with E-state index >= 15 is 0 Å². The fourth-order valence-electron chi connectivity index (χ4n) is 8.09. The van der Waals surface area contributed by atoms with Crippen LogP contribution in [-0.2, 0) is 81.2 Å². The molecule has 0 aromatic carbocycles. The Kier molecular flexibility index (Phi) is 26.2. The Morgan fingerprint density at radius 1 is 0.658 bits per heavy atom. The molecule has 19 N–H and O–H groups in total. The normalized spacial score (nSPS) is 26.3. The van der Waals surface area contributed by atoms with Crippen molar-refractivity contribution >= 4 is 71.0 Å². The lowest BCUT2D eigenvalue weighted by Gasteiger charge is -2.47. The summed E-state index contributed by atoms with van der Waals surface area (Å²) in [6, 6.07) is -12.8. The number of carboxylic acids is 2. The van der Waals surface area contributed by atoms with Gasteiger partial charge in [-0.2, -0.15) is 0 Å². The average molecular weight is 1140 g/mol. The van der Waals surface area contributed by atoms with E-state index in [1.807, 2.05) is 0 Å². The van der Waals surface area contributed by atoms with E-state index in [1.54, 1.807) is 0 Å². The number of aliphatic carboxylic acids is 2. The predicted molar refractivity (Wildman–Crippen MR) is 261 cm³/mol. The van der Waals surface area contributed by atoms with Crippen LogP contribution in [-0.4, -0.2) is 238 Å². The Bertz CT molecular complexity index is 2210. The topological polar surface area (TPSA) is 533 Å². The van der Waals surface area contributed by atoms with Crippen LogP contribution in [0, 0.1) is 0 Å². The largest absolute Gasteiger partial charge is 0.481 e. The van der Waals surface area contributed by atoms with Gasteiger partial charge in [0.15, 0.2) is 12.6 Å². The quantitative estimate of drug-likeness (QED) is 0.0287. The Labute approximate surface area is 451 Å². The first-order valence-corrected chi connectivity index (χ1v) is 24.9. The van der Waals surface area contributed by atoms with Gasteiger partial charge in [-0.15, -0.1) is 0 Å². The number of ether oxygens (including phenoxy) is 5. The fourth-order valence-corrected chi connectivity index (χ4v) is 8.09. The zero-order valence-electron chi connectivity index (χ0n) is 44.0. The molecule has 0 aromatic heterocycles. The molecule has 0 aliphatic carbocycles. The number of nitrogens with one attached hydrogen (secondary N) is 9. The number of carboxylic acid groups (broad SMARTS) is 2. The molecule has 0 spiro atoms. The molecule has 3 fully saturated rings. The van der Waals surface area contributed by atoms with Gasteiger partial charge in [-0.05, 0) is 47.0 Å². The summed E-state index contributed by atoms with van der Waals surface area (Å²) in [5, 5.41) is 80.2. The second-order valence-corrected chi connectivity index (χ2v) is 18.9. The minimum atomic E-state index is -1.71. The second kappa shape index (κ2) is 31.1. The van der Waals surface area contributed by atoms with Gasteiger partial charge < -0.3 is 114 Å². The summed E-state index contributed by atoms with van der Waals surface area (Å²) in [7, 11) is 0. The Morgan fingerprint density at radius 2 is 1.24 bits per heavy atom. The maximum Gasteiger partial charge on any atom is 0.325 e. The number of nitrogens with two attached hydrogens (primary N) is 2. The third kappa shape index (κ3) is 20.1. The van der Waals surface area contributed by atoms with Crippen LogP contribution in [0.1, 0.15) is 73.6 Å². The van der Waals surface area contributed by atoms with Crippen molar-refractivity contribution in [2.24, 2.45) is 11.5 Å². The number of fused-ring (bicyclic) bond motifs is 2. The van der Waals surface area contributed by atoms with Crippen molar-refractivity contribution in [3.8, 4) is 0 Å². The summed E-state index contributed by atoms with van der Waals surface area (Å²) in [5.74, 6) is -11.8. The third-order valence-electron chi connectivity index (χ3n) is 12.4. The van der Waals surface area contributed by atoms with Crippen molar-refractivity contribution in [2.75, 3.05) is 26.4 Å².